The second-order valence-corrected chi connectivity index (χ2v) is 7.46. The van der Waals surface area contributed by atoms with Crippen molar-refractivity contribution in [1.82, 2.24) is 24.5 Å². The number of hydrogen-bond acceptors (Lipinski definition) is 5. The van der Waals surface area contributed by atoms with Gasteiger partial charge in [0.15, 0.2) is 0 Å². The monoisotopic (exact) mass is 411 g/mol. The molecule has 152 valence electrons. The van der Waals surface area contributed by atoms with Gasteiger partial charge in [-0.3, -0.25) is 0 Å². The molecule has 4 heterocycles. The van der Waals surface area contributed by atoms with Gasteiger partial charge in [0.25, 0.3) is 5.62 Å². The van der Waals surface area contributed by atoms with Crippen molar-refractivity contribution < 1.29 is 4.39 Å². The lowest BCUT2D eigenvalue weighted by molar-refractivity contribution is 0.619. The van der Waals surface area contributed by atoms with Crippen molar-refractivity contribution in [3.63, 3.8) is 0 Å². The number of hydrogen-bond donors (Lipinski definition) is 2. The van der Waals surface area contributed by atoms with Crippen LogP contribution < -0.4 is 10.9 Å². The largest absolute Gasteiger partial charge is 0.371 e. The van der Waals surface area contributed by atoms with Gasteiger partial charge in [-0.15, -0.1) is 0 Å². The third-order valence-corrected chi connectivity index (χ3v) is 5.53. The maximum Gasteiger partial charge on any atom is 0.251 e. The number of rotatable bonds is 2. The van der Waals surface area contributed by atoms with Gasteiger partial charge in [0.05, 0.1) is 17.4 Å². The van der Waals surface area contributed by atoms with Crippen LogP contribution in [0.1, 0.15) is 6.42 Å². The van der Waals surface area contributed by atoms with Crippen LogP contribution in [0, 0.1) is 5.82 Å². The molecule has 0 aliphatic carbocycles. The van der Waals surface area contributed by atoms with E-state index in [0.717, 1.165) is 58.9 Å². The molecule has 0 radical (unpaired) electrons. The molecule has 8 heteroatoms. The third kappa shape index (κ3) is 2.95. The molecular weight excluding hydrogens is 393 g/mol. The zero-order valence-electron chi connectivity index (χ0n) is 16.5. The Bertz CT molecular complexity index is 1470. The number of halogens is 1. The van der Waals surface area contributed by atoms with Gasteiger partial charge in [-0.25, -0.2) is 19.4 Å². The van der Waals surface area contributed by atoms with E-state index in [1.165, 1.54) is 6.07 Å². The van der Waals surface area contributed by atoms with E-state index in [1.54, 1.807) is 30.7 Å². The predicted molar refractivity (Wildman–Crippen MR) is 116 cm³/mol. The Balaban J connectivity index is 1.60. The number of benzene rings is 2. The van der Waals surface area contributed by atoms with Crippen LogP contribution in [0.5, 0.6) is 0 Å². The highest BCUT2D eigenvalue weighted by Gasteiger charge is 2.22. The number of anilines is 1. The Kier molecular flexibility index (Phi) is 4.02. The van der Waals surface area contributed by atoms with Crippen molar-refractivity contribution in [2.24, 2.45) is 4.99 Å². The summed E-state index contributed by atoms with van der Waals surface area (Å²) in [5.41, 5.74) is 5.35. The zero-order chi connectivity index (χ0) is 20.8. The highest BCUT2D eigenvalue weighted by molar-refractivity contribution is 5.96. The van der Waals surface area contributed by atoms with Crippen molar-refractivity contribution in [3.05, 3.63) is 72.5 Å². The fraction of sp³-hybridized carbons (Fsp3) is 0.130. The first-order chi connectivity index (χ1) is 15.3. The van der Waals surface area contributed by atoms with E-state index < -0.39 is 5.82 Å². The van der Waals surface area contributed by atoms with Crippen LogP contribution in [0.25, 0.3) is 33.5 Å². The maximum atomic E-state index is 14.0. The minimum atomic E-state index is -0.398. The molecule has 0 fully saturated rings. The van der Waals surface area contributed by atoms with Gasteiger partial charge >= 0.3 is 0 Å². The van der Waals surface area contributed by atoms with Crippen molar-refractivity contribution in [3.8, 4) is 22.5 Å². The number of H-pyrrole nitrogens is 1. The molecule has 0 saturated heterocycles. The summed E-state index contributed by atoms with van der Waals surface area (Å²) in [6.07, 6.45) is 4.44. The Morgan fingerprint density at radius 2 is 1.97 bits per heavy atom. The average molecular weight is 411 g/mol. The van der Waals surface area contributed by atoms with Crippen molar-refractivity contribution in [2.75, 3.05) is 11.9 Å². The van der Waals surface area contributed by atoms with Crippen LogP contribution in [-0.4, -0.2) is 31.0 Å². The molecule has 0 spiro atoms. The van der Waals surface area contributed by atoms with Crippen LogP contribution >= 0.6 is 0 Å². The maximum absolute atomic E-state index is 14.0. The smallest absolute Gasteiger partial charge is 0.251 e. The molecule has 2 N–H and O–H groups in total. The Morgan fingerprint density at radius 1 is 1.03 bits per heavy atom. The number of aromatic amines is 1. The second-order valence-electron chi connectivity index (χ2n) is 7.46. The molecule has 3 aromatic rings. The molecule has 31 heavy (non-hydrogen) atoms. The summed E-state index contributed by atoms with van der Waals surface area (Å²) in [5.74, 6) is 1.36. The molecule has 0 bridgehead atoms. The number of nitrogens with zero attached hydrogens (tertiary/aromatic N) is 5. The number of fused-ring (bicyclic) bond motifs is 4. The van der Waals surface area contributed by atoms with E-state index in [9.17, 15) is 4.39 Å². The van der Waals surface area contributed by atoms with Gasteiger partial charge < -0.3 is 14.9 Å². The summed E-state index contributed by atoms with van der Waals surface area (Å²) >= 11 is 0. The van der Waals surface area contributed by atoms with E-state index in [1.807, 2.05) is 12.1 Å². The quantitative estimate of drug-likeness (QED) is 0.458. The van der Waals surface area contributed by atoms with Gasteiger partial charge in [0.1, 0.15) is 23.1 Å². The molecule has 0 amide bonds. The lowest BCUT2D eigenvalue weighted by atomic mass is 10.0. The first kappa shape index (κ1) is 17.8. The van der Waals surface area contributed by atoms with Crippen LogP contribution in [-0.2, 0) is 6.54 Å². The molecule has 2 aromatic carbocycles. The molecular formula is C23H18FN7. The number of aromatic nitrogens is 5. The molecule has 6 rings (SSSR count). The topological polar surface area (TPSA) is 83.8 Å². The van der Waals surface area contributed by atoms with Gasteiger partial charge in [0, 0.05) is 36.0 Å². The molecule has 0 saturated carbocycles. The SMILES string of the molecule is Fc1ccccc1N=c1ncc2cc(-c3cccc4[nH]cnc34)c3n(c-2n1)CCCN3. The first-order valence-electron chi connectivity index (χ1n) is 10.1. The van der Waals surface area contributed by atoms with E-state index in [4.69, 9.17) is 0 Å². The average Bonchev–Trinajstić information content (AvgIpc) is 3.29. The molecule has 0 atom stereocenters. The van der Waals surface area contributed by atoms with Gasteiger partial charge in [0.2, 0.25) is 0 Å². The Morgan fingerprint density at radius 3 is 2.90 bits per heavy atom. The second kappa shape index (κ2) is 7.02. The van der Waals surface area contributed by atoms with Crippen LogP contribution in [0.4, 0.5) is 15.9 Å². The van der Waals surface area contributed by atoms with Gasteiger partial charge in [-0.1, -0.05) is 24.3 Å². The Hall–Kier alpha value is -4.07. The first-order valence-corrected chi connectivity index (χ1v) is 10.1. The fourth-order valence-corrected chi connectivity index (χ4v) is 4.11. The fourth-order valence-electron chi connectivity index (χ4n) is 4.11. The van der Waals surface area contributed by atoms with Crippen LogP contribution in [0.15, 0.2) is 66.0 Å². The molecule has 7 nitrogen and oxygen atoms in total. The number of pyridine rings is 1. The summed E-state index contributed by atoms with van der Waals surface area (Å²) < 4.78 is 16.2. The standard InChI is InChI=1S/C23H18FN7/c24-17-6-1-2-7-18(17)29-23-26-12-14-11-16(15-5-3-8-19-20(15)28-13-27-19)22-25-9-4-10-31(22)21(14)30-23/h1-3,5-8,11-13,25H,4,9-10H2,(H,27,28). The summed E-state index contributed by atoms with van der Waals surface area (Å²) in [6.45, 7) is 1.70. The van der Waals surface area contributed by atoms with E-state index >= 15 is 0 Å². The van der Waals surface area contributed by atoms with E-state index in [2.05, 4.69) is 46.9 Å². The van der Waals surface area contributed by atoms with E-state index in [-0.39, 0.29) is 11.3 Å². The normalized spacial score (nSPS) is 14.0. The van der Waals surface area contributed by atoms with Crippen LogP contribution in [0.3, 0.4) is 0 Å². The van der Waals surface area contributed by atoms with Crippen molar-refractivity contribution in [1.29, 1.82) is 0 Å². The number of imidazole rings is 1. The van der Waals surface area contributed by atoms with Gasteiger partial charge in [-0.05, 0) is 30.7 Å². The summed E-state index contributed by atoms with van der Waals surface area (Å²) in [6, 6.07) is 14.6. The minimum Gasteiger partial charge on any atom is -0.371 e. The molecule has 1 aromatic heterocycles. The molecule has 3 aliphatic heterocycles. The Labute approximate surface area is 176 Å². The zero-order valence-corrected chi connectivity index (χ0v) is 16.5. The lowest BCUT2D eigenvalue weighted by Crippen LogP contribution is -2.25. The lowest BCUT2D eigenvalue weighted by Gasteiger charge is -2.27. The summed E-state index contributed by atoms with van der Waals surface area (Å²) in [5, 5.41) is 3.53. The summed E-state index contributed by atoms with van der Waals surface area (Å²) in [4.78, 5) is 21.1. The third-order valence-electron chi connectivity index (χ3n) is 5.53. The minimum absolute atomic E-state index is 0.223. The van der Waals surface area contributed by atoms with Gasteiger partial charge in [-0.2, -0.15) is 4.98 Å². The van der Waals surface area contributed by atoms with Crippen LogP contribution in [0.2, 0.25) is 0 Å². The highest BCUT2D eigenvalue weighted by atomic mass is 19.1. The van der Waals surface area contributed by atoms with Crippen molar-refractivity contribution in [2.45, 2.75) is 13.0 Å². The van der Waals surface area contributed by atoms with Crippen molar-refractivity contribution >= 4 is 22.5 Å². The molecule has 0 unspecified atom stereocenters. The summed E-state index contributed by atoms with van der Waals surface area (Å²) in [7, 11) is 0. The highest BCUT2D eigenvalue weighted by Crippen LogP contribution is 2.38. The molecule has 3 aliphatic rings. The predicted octanol–water partition coefficient (Wildman–Crippen LogP) is 4.11. The number of nitrogens with one attached hydrogen (secondary N) is 2. The van der Waals surface area contributed by atoms with E-state index in [0.29, 0.717) is 0 Å². The number of para-hydroxylation sites is 2.